The zero-order valence-electron chi connectivity index (χ0n) is 13.0. The number of ether oxygens (including phenoxy) is 1. The Kier molecular flexibility index (Phi) is 5.34. The number of nitro groups is 1. The van der Waals surface area contributed by atoms with E-state index in [0.717, 1.165) is 4.88 Å². The van der Waals surface area contributed by atoms with Crippen LogP contribution >= 0.6 is 27.3 Å². The van der Waals surface area contributed by atoms with E-state index < -0.39 is 16.8 Å². The molecule has 24 heavy (non-hydrogen) atoms. The number of anilines is 1. The highest BCUT2D eigenvalue weighted by atomic mass is 79.9. The molecule has 0 radical (unpaired) electrons. The number of nitrogens with zero attached hydrogens (tertiary/aromatic N) is 3. The molecule has 1 N–H and O–H groups in total. The minimum absolute atomic E-state index is 0.225. The largest absolute Gasteiger partial charge is 0.465 e. The lowest BCUT2D eigenvalue weighted by atomic mass is 10.3. The first-order chi connectivity index (χ1) is 11.2. The van der Waals surface area contributed by atoms with Crippen molar-refractivity contribution in [1.29, 1.82) is 0 Å². The van der Waals surface area contributed by atoms with E-state index in [0.29, 0.717) is 10.7 Å². The van der Waals surface area contributed by atoms with E-state index in [-0.39, 0.29) is 22.4 Å². The summed E-state index contributed by atoms with van der Waals surface area (Å²) < 4.78 is 6.11. The summed E-state index contributed by atoms with van der Waals surface area (Å²) in [5.41, 5.74) is 0.713. The van der Waals surface area contributed by atoms with Gasteiger partial charge in [0.25, 0.3) is 0 Å². The van der Waals surface area contributed by atoms with Crippen LogP contribution in [0.25, 0.3) is 0 Å². The maximum atomic E-state index is 12.2. The number of amides is 1. The maximum absolute atomic E-state index is 12.2. The molecule has 1 amide bonds. The van der Waals surface area contributed by atoms with Gasteiger partial charge in [-0.15, -0.1) is 11.3 Å². The van der Waals surface area contributed by atoms with E-state index in [2.05, 4.69) is 31.1 Å². The normalized spacial score (nSPS) is 10.5. The van der Waals surface area contributed by atoms with Crippen molar-refractivity contribution in [2.24, 2.45) is 0 Å². The minimum atomic E-state index is -0.635. The van der Waals surface area contributed by atoms with E-state index in [1.165, 1.54) is 23.1 Å². The Hall–Kier alpha value is -2.27. The molecule has 9 nitrogen and oxygen atoms in total. The molecule has 11 heteroatoms. The molecule has 0 unspecified atom stereocenters. The second-order valence-corrected chi connectivity index (χ2v) is 6.83. The van der Waals surface area contributed by atoms with E-state index in [9.17, 15) is 19.7 Å². The first-order valence-corrected chi connectivity index (χ1v) is 8.21. The topological polar surface area (TPSA) is 116 Å². The Bertz CT molecular complexity index is 829. The number of carbonyl (C=O) groups is 2. The van der Waals surface area contributed by atoms with Gasteiger partial charge < -0.3 is 20.2 Å². The highest BCUT2D eigenvalue weighted by Crippen LogP contribution is 2.29. The van der Waals surface area contributed by atoms with Gasteiger partial charge in [-0.2, -0.15) is 4.68 Å². The molecule has 2 heterocycles. The van der Waals surface area contributed by atoms with Gasteiger partial charge in [0.1, 0.15) is 16.0 Å². The van der Waals surface area contributed by atoms with E-state index in [4.69, 9.17) is 0 Å². The van der Waals surface area contributed by atoms with Gasteiger partial charge in [-0.05, 0) is 40.8 Å². The number of rotatable bonds is 5. The van der Waals surface area contributed by atoms with Crippen molar-refractivity contribution >= 4 is 50.0 Å². The van der Waals surface area contributed by atoms with Crippen LogP contribution in [0.4, 0.5) is 10.8 Å². The number of hydrogen-bond donors (Lipinski definition) is 1. The smallest absolute Gasteiger partial charge is 0.404 e. The SMILES string of the molecule is COC(=O)c1cc(C)sc1NC(=O)Cn1nc([N+](=O)[O-])c(Br)c1C. The van der Waals surface area contributed by atoms with Crippen LogP contribution in [0.2, 0.25) is 0 Å². The summed E-state index contributed by atoms with van der Waals surface area (Å²) in [5.74, 6) is -1.37. The summed E-state index contributed by atoms with van der Waals surface area (Å²) in [6.45, 7) is 3.17. The molecule has 0 saturated carbocycles. The molecule has 0 bridgehead atoms. The number of esters is 1. The van der Waals surface area contributed by atoms with Gasteiger partial charge in [-0.3, -0.25) is 4.79 Å². The summed E-state index contributed by atoms with van der Waals surface area (Å²) in [6.07, 6.45) is 0. The van der Waals surface area contributed by atoms with Crippen molar-refractivity contribution < 1.29 is 19.2 Å². The Morgan fingerprint density at radius 2 is 2.17 bits per heavy atom. The molecule has 0 aromatic carbocycles. The van der Waals surface area contributed by atoms with Crippen LogP contribution in [0.1, 0.15) is 20.9 Å². The molecular weight excluding hydrogens is 404 g/mol. The zero-order chi connectivity index (χ0) is 18.0. The van der Waals surface area contributed by atoms with E-state index in [1.807, 2.05) is 0 Å². The number of thiophene rings is 1. The molecular formula is C13H13BrN4O5S. The number of halogens is 1. The second-order valence-electron chi connectivity index (χ2n) is 4.78. The average Bonchev–Trinajstić information content (AvgIpc) is 3.01. The molecule has 0 atom stereocenters. The van der Waals surface area contributed by atoms with Crippen LogP contribution in [0.5, 0.6) is 0 Å². The van der Waals surface area contributed by atoms with Gasteiger partial charge in [-0.25, -0.2) is 4.79 Å². The van der Waals surface area contributed by atoms with Crippen LogP contribution in [0.15, 0.2) is 10.5 Å². The van der Waals surface area contributed by atoms with Crippen molar-refractivity contribution in [3.8, 4) is 0 Å². The number of methoxy groups -OCH3 is 1. The minimum Gasteiger partial charge on any atom is -0.465 e. The molecule has 0 spiro atoms. The Balaban J connectivity index is 2.19. The first kappa shape index (κ1) is 18.1. The average molecular weight is 417 g/mol. The zero-order valence-corrected chi connectivity index (χ0v) is 15.4. The summed E-state index contributed by atoms with van der Waals surface area (Å²) in [6, 6.07) is 1.62. The van der Waals surface area contributed by atoms with Gasteiger partial charge in [0.2, 0.25) is 5.91 Å². The first-order valence-electron chi connectivity index (χ1n) is 6.60. The Morgan fingerprint density at radius 1 is 1.50 bits per heavy atom. The summed E-state index contributed by atoms with van der Waals surface area (Å²) in [4.78, 5) is 35.0. The van der Waals surface area contributed by atoms with Gasteiger partial charge >= 0.3 is 11.8 Å². The number of hydrogen-bond acceptors (Lipinski definition) is 7. The fourth-order valence-corrected chi connectivity index (χ4v) is 3.29. The fraction of sp³-hybridized carbons (Fsp3) is 0.308. The quantitative estimate of drug-likeness (QED) is 0.454. The van der Waals surface area contributed by atoms with Crippen LogP contribution in [0, 0.1) is 24.0 Å². The molecule has 0 saturated heterocycles. The fourth-order valence-electron chi connectivity index (χ4n) is 1.95. The molecule has 2 aromatic heterocycles. The summed E-state index contributed by atoms with van der Waals surface area (Å²) in [7, 11) is 1.25. The third-order valence-corrected chi connectivity index (χ3v) is 4.99. The van der Waals surface area contributed by atoms with Crippen LogP contribution in [-0.4, -0.2) is 33.7 Å². The standard InChI is InChI=1S/C13H13BrN4O5S/c1-6-4-8(13(20)23-3)12(24-6)15-9(19)5-17-7(2)10(14)11(16-17)18(21)22/h4H,5H2,1-3H3,(H,15,19). The lowest BCUT2D eigenvalue weighted by Crippen LogP contribution is -2.21. The molecule has 0 aliphatic rings. The number of carbonyl (C=O) groups excluding carboxylic acids is 2. The highest BCUT2D eigenvalue weighted by molar-refractivity contribution is 9.10. The summed E-state index contributed by atoms with van der Waals surface area (Å²) >= 11 is 4.32. The predicted octanol–water partition coefficient (Wildman–Crippen LogP) is 2.66. The van der Waals surface area contributed by atoms with Crippen molar-refractivity contribution in [2.75, 3.05) is 12.4 Å². The van der Waals surface area contributed by atoms with Crippen LogP contribution in [-0.2, 0) is 16.1 Å². The van der Waals surface area contributed by atoms with Crippen molar-refractivity contribution in [3.05, 3.63) is 36.8 Å². The van der Waals surface area contributed by atoms with E-state index >= 15 is 0 Å². The monoisotopic (exact) mass is 416 g/mol. The van der Waals surface area contributed by atoms with Crippen molar-refractivity contribution in [3.63, 3.8) is 0 Å². The molecule has 2 rings (SSSR count). The maximum Gasteiger partial charge on any atom is 0.404 e. The summed E-state index contributed by atoms with van der Waals surface area (Å²) in [5, 5.41) is 17.6. The number of aromatic nitrogens is 2. The van der Waals surface area contributed by atoms with Crippen LogP contribution in [0.3, 0.4) is 0 Å². The number of nitrogens with one attached hydrogen (secondary N) is 1. The van der Waals surface area contributed by atoms with E-state index in [1.54, 1.807) is 19.9 Å². The third kappa shape index (κ3) is 3.62. The van der Waals surface area contributed by atoms with Gasteiger partial charge in [0.05, 0.1) is 23.5 Å². The lowest BCUT2D eigenvalue weighted by Gasteiger charge is -2.05. The molecule has 0 aliphatic carbocycles. The van der Waals surface area contributed by atoms with Gasteiger partial charge in [-0.1, -0.05) is 0 Å². The van der Waals surface area contributed by atoms with Gasteiger partial charge in [0.15, 0.2) is 0 Å². The Labute approximate surface area is 148 Å². The third-order valence-electron chi connectivity index (χ3n) is 3.10. The second kappa shape index (κ2) is 7.09. The molecule has 0 fully saturated rings. The molecule has 0 aliphatic heterocycles. The Morgan fingerprint density at radius 3 is 2.71 bits per heavy atom. The van der Waals surface area contributed by atoms with Crippen molar-refractivity contribution in [2.45, 2.75) is 20.4 Å². The molecule has 128 valence electrons. The van der Waals surface area contributed by atoms with Gasteiger partial charge in [0, 0.05) is 4.88 Å². The van der Waals surface area contributed by atoms with Crippen LogP contribution < -0.4 is 5.32 Å². The highest BCUT2D eigenvalue weighted by Gasteiger charge is 2.25. The number of aryl methyl sites for hydroxylation is 1. The lowest BCUT2D eigenvalue weighted by molar-refractivity contribution is -0.390. The predicted molar refractivity (Wildman–Crippen MR) is 90.3 cm³/mol. The van der Waals surface area contributed by atoms with Crippen molar-refractivity contribution in [1.82, 2.24) is 9.78 Å². The molecule has 2 aromatic rings.